The SMILES string of the molecule is O=C(Nc1ccccc1C(=O)N1CCOCC1)[C@H]1CN(S(=O)(=O)c2ccccc2)CCN1S(=O)(=O)c1ccccc1. The maximum Gasteiger partial charge on any atom is 0.256 e. The zero-order chi connectivity index (χ0) is 29.0. The van der Waals surface area contributed by atoms with Gasteiger partial charge < -0.3 is 15.0 Å². The molecule has 5 rings (SSSR count). The lowest BCUT2D eigenvalue weighted by molar-refractivity contribution is -0.120. The normalized spacial score (nSPS) is 19.0. The topological polar surface area (TPSA) is 133 Å². The number of hydrogen-bond acceptors (Lipinski definition) is 7. The lowest BCUT2D eigenvalue weighted by Crippen LogP contribution is -2.60. The number of anilines is 1. The molecule has 0 unspecified atom stereocenters. The minimum atomic E-state index is -4.16. The summed E-state index contributed by atoms with van der Waals surface area (Å²) in [5, 5.41) is 2.72. The average Bonchev–Trinajstić information content (AvgIpc) is 3.02. The van der Waals surface area contributed by atoms with Gasteiger partial charge in [0, 0.05) is 32.7 Å². The highest BCUT2D eigenvalue weighted by Gasteiger charge is 2.43. The van der Waals surface area contributed by atoms with Crippen molar-refractivity contribution in [3.8, 4) is 0 Å². The van der Waals surface area contributed by atoms with Crippen LogP contribution in [0.4, 0.5) is 5.69 Å². The largest absolute Gasteiger partial charge is 0.378 e. The van der Waals surface area contributed by atoms with Gasteiger partial charge in [-0.05, 0) is 36.4 Å². The van der Waals surface area contributed by atoms with Crippen LogP contribution in [0.3, 0.4) is 0 Å². The van der Waals surface area contributed by atoms with Gasteiger partial charge in [0.25, 0.3) is 5.91 Å². The first-order chi connectivity index (χ1) is 19.7. The van der Waals surface area contributed by atoms with Gasteiger partial charge in [0.2, 0.25) is 26.0 Å². The van der Waals surface area contributed by atoms with E-state index >= 15 is 0 Å². The predicted octanol–water partition coefficient (Wildman–Crippen LogP) is 1.86. The third-order valence-corrected chi connectivity index (χ3v) is 10.8. The second-order valence-corrected chi connectivity index (χ2v) is 13.4. The molecule has 1 N–H and O–H groups in total. The Hall–Kier alpha value is -3.62. The molecule has 13 heteroatoms. The van der Waals surface area contributed by atoms with Crippen LogP contribution in [0, 0.1) is 0 Å². The Labute approximate surface area is 239 Å². The lowest BCUT2D eigenvalue weighted by Gasteiger charge is -2.39. The van der Waals surface area contributed by atoms with Gasteiger partial charge in [0.15, 0.2) is 0 Å². The third kappa shape index (κ3) is 6.04. The van der Waals surface area contributed by atoms with Crippen molar-refractivity contribution in [2.75, 3.05) is 51.3 Å². The molecule has 0 aliphatic carbocycles. The molecule has 2 aliphatic heterocycles. The van der Waals surface area contributed by atoms with Crippen molar-refractivity contribution in [2.45, 2.75) is 15.8 Å². The van der Waals surface area contributed by atoms with Gasteiger partial charge in [-0.25, -0.2) is 16.8 Å². The van der Waals surface area contributed by atoms with E-state index in [4.69, 9.17) is 4.74 Å². The number of para-hydroxylation sites is 1. The number of nitrogens with one attached hydrogen (secondary N) is 1. The van der Waals surface area contributed by atoms with E-state index in [0.29, 0.717) is 26.3 Å². The molecule has 2 aliphatic rings. The van der Waals surface area contributed by atoms with Gasteiger partial charge in [0.05, 0.1) is 34.3 Å². The zero-order valence-electron chi connectivity index (χ0n) is 22.1. The van der Waals surface area contributed by atoms with Crippen LogP contribution >= 0.6 is 0 Å². The number of piperazine rings is 1. The van der Waals surface area contributed by atoms with Crippen LogP contribution in [0.25, 0.3) is 0 Å². The minimum absolute atomic E-state index is 0.0138. The fourth-order valence-corrected chi connectivity index (χ4v) is 7.91. The zero-order valence-corrected chi connectivity index (χ0v) is 23.8. The molecule has 0 aromatic heterocycles. The number of benzene rings is 3. The quantitative estimate of drug-likeness (QED) is 0.439. The van der Waals surface area contributed by atoms with E-state index in [1.807, 2.05) is 0 Å². The van der Waals surface area contributed by atoms with E-state index in [9.17, 15) is 26.4 Å². The molecule has 11 nitrogen and oxygen atoms in total. The average molecular weight is 599 g/mol. The summed E-state index contributed by atoms with van der Waals surface area (Å²) in [6.07, 6.45) is 0. The molecule has 0 radical (unpaired) electrons. The van der Waals surface area contributed by atoms with E-state index in [1.54, 1.807) is 65.6 Å². The van der Waals surface area contributed by atoms with E-state index in [1.165, 1.54) is 24.3 Å². The molecule has 1 atom stereocenters. The van der Waals surface area contributed by atoms with Crippen molar-refractivity contribution in [3.05, 3.63) is 90.5 Å². The monoisotopic (exact) mass is 598 g/mol. The molecule has 0 saturated carbocycles. The van der Waals surface area contributed by atoms with Crippen molar-refractivity contribution in [3.63, 3.8) is 0 Å². The van der Waals surface area contributed by atoms with Crippen LogP contribution in [-0.4, -0.2) is 94.1 Å². The summed E-state index contributed by atoms with van der Waals surface area (Å²) in [6.45, 7) is 0.822. The number of ether oxygens (including phenoxy) is 1. The molecule has 2 heterocycles. The molecular weight excluding hydrogens is 568 g/mol. The van der Waals surface area contributed by atoms with E-state index in [-0.39, 0.29) is 40.0 Å². The van der Waals surface area contributed by atoms with Crippen LogP contribution in [0.2, 0.25) is 0 Å². The lowest BCUT2D eigenvalue weighted by atomic mass is 10.1. The molecule has 41 heavy (non-hydrogen) atoms. The Morgan fingerprint density at radius 2 is 1.27 bits per heavy atom. The Morgan fingerprint density at radius 1 is 0.707 bits per heavy atom. The molecule has 3 aromatic rings. The number of nitrogens with zero attached hydrogens (tertiary/aromatic N) is 3. The van der Waals surface area contributed by atoms with Crippen molar-refractivity contribution in [1.29, 1.82) is 0 Å². The Bertz CT molecular complexity index is 1610. The first-order valence-corrected chi connectivity index (χ1v) is 16.0. The van der Waals surface area contributed by atoms with Gasteiger partial charge in [-0.2, -0.15) is 8.61 Å². The van der Waals surface area contributed by atoms with Gasteiger partial charge in [0.1, 0.15) is 6.04 Å². The maximum atomic E-state index is 13.8. The highest BCUT2D eigenvalue weighted by molar-refractivity contribution is 7.89. The Kier molecular flexibility index (Phi) is 8.52. The molecule has 0 spiro atoms. The van der Waals surface area contributed by atoms with Crippen LogP contribution in [0.15, 0.2) is 94.7 Å². The fraction of sp³-hybridized carbons (Fsp3) is 0.286. The van der Waals surface area contributed by atoms with E-state index in [2.05, 4.69) is 5.32 Å². The first-order valence-electron chi connectivity index (χ1n) is 13.1. The molecule has 3 aromatic carbocycles. The molecule has 2 amide bonds. The van der Waals surface area contributed by atoms with Gasteiger partial charge in [-0.15, -0.1) is 0 Å². The van der Waals surface area contributed by atoms with E-state index < -0.39 is 38.5 Å². The Balaban J connectivity index is 1.47. The molecule has 2 saturated heterocycles. The summed E-state index contributed by atoms with van der Waals surface area (Å²) < 4.78 is 61.7. The molecule has 216 valence electrons. The number of morpholine rings is 1. The summed E-state index contributed by atoms with van der Waals surface area (Å²) in [5.74, 6) is -1.05. The van der Waals surface area contributed by atoms with Gasteiger partial charge in [-0.1, -0.05) is 48.5 Å². The second-order valence-electron chi connectivity index (χ2n) is 9.56. The van der Waals surface area contributed by atoms with Crippen LogP contribution in [0.5, 0.6) is 0 Å². The van der Waals surface area contributed by atoms with Crippen molar-refractivity contribution < 1.29 is 31.2 Å². The third-order valence-electron chi connectivity index (χ3n) is 7.04. The summed E-state index contributed by atoms with van der Waals surface area (Å²) in [7, 11) is -8.18. The smallest absolute Gasteiger partial charge is 0.256 e. The second kappa shape index (κ2) is 12.1. The standard InChI is InChI=1S/C28H30N4O7S2/c33-27(29-25-14-8-7-13-24(25)28(34)30-17-19-39-20-18-30)26-21-31(40(35,36)22-9-3-1-4-10-22)15-16-32(26)41(37,38)23-11-5-2-6-12-23/h1-14,26H,15-21H2,(H,29,33)/t26-/m1/s1. The Morgan fingerprint density at radius 3 is 1.90 bits per heavy atom. The minimum Gasteiger partial charge on any atom is -0.378 e. The predicted molar refractivity (Wildman–Crippen MR) is 151 cm³/mol. The maximum absolute atomic E-state index is 13.8. The molecular formula is C28H30N4O7S2. The van der Waals surface area contributed by atoms with Gasteiger partial charge >= 0.3 is 0 Å². The van der Waals surface area contributed by atoms with Crippen LogP contribution in [-0.2, 0) is 29.6 Å². The number of rotatable bonds is 7. The number of carbonyl (C=O) groups is 2. The van der Waals surface area contributed by atoms with Crippen molar-refractivity contribution >= 4 is 37.5 Å². The summed E-state index contributed by atoms with van der Waals surface area (Å²) in [4.78, 5) is 28.7. The highest BCUT2D eigenvalue weighted by atomic mass is 32.2. The molecule has 2 fully saturated rings. The van der Waals surface area contributed by atoms with E-state index in [0.717, 1.165) is 8.61 Å². The number of sulfonamides is 2. The van der Waals surface area contributed by atoms with Crippen molar-refractivity contribution in [2.24, 2.45) is 0 Å². The van der Waals surface area contributed by atoms with Crippen LogP contribution in [0.1, 0.15) is 10.4 Å². The summed E-state index contributed by atoms with van der Waals surface area (Å²) >= 11 is 0. The highest BCUT2D eigenvalue weighted by Crippen LogP contribution is 2.27. The fourth-order valence-electron chi connectivity index (χ4n) is 4.86. The first kappa shape index (κ1) is 28.9. The summed E-state index contributed by atoms with van der Waals surface area (Å²) in [6, 6.07) is 20.5. The van der Waals surface area contributed by atoms with Gasteiger partial charge in [-0.3, -0.25) is 9.59 Å². The summed E-state index contributed by atoms with van der Waals surface area (Å²) in [5.41, 5.74) is 0.443. The molecule has 0 bridgehead atoms. The number of amides is 2. The van der Waals surface area contributed by atoms with Crippen molar-refractivity contribution in [1.82, 2.24) is 13.5 Å². The number of hydrogen-bond donors (Lipinski definition) is 1. The van der Waals surface area contributed by atoms with Crippen LogP contribution < -0.4 is 5.32 Å². The number of carbonyl (C=O) groups excluding carboxylic acids is 2.